The summed E-state index contributed by atoms with van der Waals surface area (Å²) in [6.07, 6.45) is 2.20. The van der Waals surface area contributed by atoms with Gasteiger partial charge < -0.3 is 10.2 Å². The van der Waals surface area contributed by atoms with Crippen LogP contribution in [-0.2, 0) is 26.2 Å². The van der Waals surface area contributed by atoms with Crippen molar-refractivity contribution in [2.75, 3.05) is 23.7 Å². The Morgan fingerprint density at radius 3 is 2.31 bits per heavy atom. The summed E-state index contributed by atoms with van der Waals surface area (Å²) in [4.78, 5) is 27.7. The van der Waals surface area contributed by atoms with E-state index in [0.29, 0.717) is 18.0 Å². The van der Waals surface area contributed by atoms with Crippen LogP contribution in [-0.4, -0.2) is 50.5 Å². The van der Waals surface area contributed by atoms with Gasteiger partial charge in [0.2, 0.25) is 21.8 Å². The van der Waals surface area contributed by atoms with Gasteiger partial charge in [-0.15, -0.1) is 0 Å². The number of hydrogen-bond donors (Lipinski definition) is 1. The lowest BCUT2D eigenvalue weighted by Crippen LogP contribution is -2.52. The second-order valence-corrected chi connectivity index (χ2v) is 9.82. The number of rotatable bonds is 11. The smallest absolute Gasteiger partial charge is 0.244 e. The summed E-state index contributed by atoms with van der Waals surface area (Å²) < 4.78 is 26.0. The Kier molecular flexibility index (Phi) is 9.53. The molecule has 0 unspecified atom stereocenters. The number of nitrogens with zero attached hydrogens (tertiary/aromatic N) is 2. The highest BCUT2D eigenvalue weighted by molar-refractivity contribution is 7.92. The van der Waals surface area contributed by atoms with Crippen LogP contribution < -0.4 is 9.62 Å². The Hall–Kier alpha value is -2.58. The lowest BCUT2D eigenvalue weighted by Gasteiger charge is -2.32. The second kappa shape index (κ2) is 11.9. The zero-order valence-electron chi connectivity index (χ0n) is 18.6. The standard InChI is InChI=1S/C23H30ClN3O4S/c1-4-14-25-23(29)21(5-2)26(16-18-10-7-6-8-11-18)22(28)17-27(32(3,30)31)20-13-9-12-19(24)15-20/h6-13,15,21H,4-5,14,16-17H2,1-3H3,(H,25,29)/t21-/m0/s1. The topological polar surface area (TPSA) is 86.8 Å². The first-order valence-electron chi connectivity index (χ1n) is 10.5. The normalized spacial score (nSPS) is 12.1. The first kappa shape index (κ1) is 25.7. The van der Waals surface area contributed by atoms with E-state index >= 15 is 0 Å². The zero-order valence-corrected chi connectivity index (χ0v) is 20.2. The van der Waals surface area contributed by atoms with Crippen molar-refractivity contribution in [3.63, 3.8) is 0 Å². The van der Waals surface area contributed by atoms with Crippen LogP contribution in [0, 0.1) is 0 Å². The van der Waals surface area contributed by atoms with Gasteiger partial charge in [-0.1, -0.05) is 61.8 Å². The molecule has 9 heteroatoms. The molecular weight excluding hydrogens is 450 g/mol. The van der Waals surface area contributed by atoms with Crippen LogP contribution in [0.4, 0.5) is 5.69 Å². The van der Waals surface area contributed by atoms with Gasteiger partial charge in [-0.05, 0) is 36.6 Å². The van der Waals surface area contributed by atoms with Crippen LogP contribution in [0.15, 0.2) is 54.6 Å². The zero-order chi connectivity index (χ0) is 23.7. The van der Waals surface area contributed by atoms with Crippen molar-refractivity contribution in [2.45, 2.75) is 39.3 Å². The lowest BCUT2D eigenvalue weighted by molar-refractivity contribution is -0.140. The fraction of sp³-hybridized carbons (Fsp3) is 0.391. The third-order valence-corrected chi connectivity index (χ3v) is 6.28. The molecule has 0 saturated heterocycles. The van der Waals surface area contributed by atoms with Gasteiger partial charge in [0.25, 0.3) is 0 Å². The summed E-state index contributed by atoms with van der Waals surface area (Å²) in [5.41, 5.74) is 1.13. The Morgan fingerprint density at radius 1 is 1.06 bits per heavy atom. The average molecular weight is 480 g/mol. The fourth-order valence-electron chi connectivity index (χ4n) is 3.31. The van der Waals surface area contributed by atoms with E-state index in [0.717, 1.165) is 22.5 Å². The molecule has 2 aromatic carbocycles. The molecule has 1 N–H and O–H groups in total. The summed E-state index contributed by atoms with van der Waals surface area (Å²) in [5.74, 6) is -0.731. The van der Waals surface area contributed by atoms with Gasteiger partial charge in [-0.2, -0.15) is 0 Å². The highest BCUT2D eigenvalue weighted by Gasteiger charge is 2.31. The van der Waals surface area contributed by atoms with Gasteiger partial charge >= 0.3 is 0 Å². The van der Waals surface area contributed by atoms with Crippen molar-refractivity contribution >= 4 is 39.1 Å². The largest absolute Gasteiger partial charge is 0.354 e. The molecule has 174 valence electrons. The van der Waals surface area contributed by atoms with Crippen LogP contribution in [0.5, 0.6) is 0 Å². The minimum atomic E-state index is -3.78. The molecule has 0 radical (unpaired) electrons. The minimum absolute atomic E-state index is 0.185. The molecule has 7 nitrogen and oxygen atoms in total. The van der Waals surface area contributed by atoms with Crippen molar-refractivity contribution < 1.29 is 18.0 Å². The van der Waals surface area contributed by atoms with E-state index in [1.54, 1.807) is 18.2 Å². The molecule has 2 aromatic rings. The molecule has 0 aromatic heterocycles. The number of hydrogen-bond acceptors (Lipinski definition) is 4. The first-order chi connectivity index (χ1) is 15.2. The van der Waals surface area contributed by atoms with Gasteiger partial charge in [0.1, 0.15) is 12.6 Å². The van der Waals surface area contributed by atoms with Crippen LogP contribution >= 0.6 is 11.6 Å². The van der Waals surface area contributed by atoms with Gasteiger partial charge in [0.05, 0.1) is 11.9 Å². The van der Waals surface area contributed by atoms with Crippen molar-refractivity contribution in [3.05, 3.63) is 65.2 Å². The fourth-order valence-corrected chi connectivity index (χ4v) is 4.34. The minimum Gasteiger partial charge on any atom is -0.354 e. The summed E-state index contributed by atoms with van der Waals surface area (Å²) in [7, 11) is -3.78. The van der Waals surface area contributed by atoms with Gasteiger partial charge in [0, 0.05) is 18.1 Å². The van der Waals surface area contributed by atoms with E-state index in [1.807, 2.05) is 44.2 Å². The summed E-state index contributed by atoms with van der Waals surface area (Å²) in [5, 5.41) is 3.20. The van der Waals surface area contributed by atoms with Crippen LogP contribution in [0.2, 0.25) is 5.02 Å². The third-order valence-electron chi connectivity index (χ3n) is 4.91. The number of amides is 2. The van der Waals surface area contributed by atoms with Gasteiger partial charge in [-0.3, -0.25) is 13.9 Å². The molecule has 0 fully saturated rings. The molecule has 2 amide bonds. The Morgan fingerprint density at radius 2 is 1.75 bits per heavy atom. The van der Waals surface area contributed by atoms with E-state index in [-0.39, 0.29) is 18.1 Å². The lowest BCUT2D eigenvalue weighted by atomic mass is 10.1. The summed E-state index contributed by atoms with van der Waals surface area (Å²) in [6.45, 7) is 4.02. The Balaban J connectivity index is 2.39. The predicted octanol–water partition coefficient (Wildman–Crippen LogP) is 3.44. The molecule has 1 atom stereocenters. The number of halogens is 1. The van der Waals surface area contributed by atoms with Crippen LogP contribution in [0.3, 0.4) is 0 Å². The molecule has 0 heterocycles. The highest BCUT2D eigenvalue weighted by Crippen LogP contribution is 2.23. The predicted molar refractivity (Wildman–Crippen MR) is 128 cm³/mol. The molecule has 0 spiro atoms. The summed E-state index contributed by atoms with van der Waals surface area (Å²) >= 11 is 6.04. The Bertz CT molecular complexity index is 1010. The number of carbonyl (C=O) groups excluding carboxylic acids is 2. The third kappa shape index (κ3) is 7.24. The summed E-state index contributed by atoms with van der Waals surface area (Å²) in [6, 6.07) is 14.9. The quantitative estimate of drug-likeness (QED) is 0.534. The molecule has 0 saturated carbocycles. The average Bonchev–Trinajstić information content (AvgIpc) is 2.75. The van der Waals surface area contributed by atoms with Crippen molar-refractivity contribution in [1.82, 2.24) is 10.2 Å². The molecule has 0 aliphatic heterocycles. The second-order valence-electron chi connectivity index (χ2n) is 7.47. The SMILES string of the molecule is CCCNC(=O)[C@H](CC)N(Cc1ccccc1)C(=O)CN(c1cccc(Cl)c1)S(C)(=O)=O. The molecular formula is C23H30ClN3O4S. The van der Waals surface area contributed by atoms with Crippen molar-refractivity contribution in [1.29, 1.82) is 0 Å². The van der Waals surface area contributed by atoms with Crippen LogP contribution in [0.25, 0.3) is 0 Å². The maximum absolute atomic E-state index is 13.4. The maximum atomic E-state index is 13.4. The van der Waals surface area contributed by atoms with Crippen molar-refractivity contribution in [2.24, 2.45) is 0 Å². The van der Waals surface area contributed by atoms with Crippen LogP contribution in [0.1, 0.15) is 32.3 Å². The van der Waals surface area contributed by atoms with E-state index in [4.69, 9.17) is 11.6 Å². The van der Waals surface area contributed by atoms with E-state index in [9.17, 15) is 18.0 Å². The number of anilines is 1. The molecule has 0 aliphatic rings. The van der Waals surface area contributed by atoms with Gasteiger partial charge in [0.15, 0.2) is 0 Å². The van der Waals surface area contributed by atoms with E-state index in [1.165, 1.54) is 11.0 Å². The monoisotopic (exact) mass is 479 g/mol. The van der Waals surface area contributed by atoms with Gasteiger partial charge in [-0.25, -0.2) is 8.42 Å². The Labute approximate surface area is 195 Å². The molecule has 32 heavy (non-hydrogen) atoms. The number of carbonyl (C=O) groups is 2. The molecule has 2 rings (SSSR count). The van der Waals surface area contributed by atoms with E-state index in [2.05, 4.69) is 5.32 Å². The van der Waals surface area contributed by atoms with Crippen molar-refractivity contribution in [3.8, 4) is 0 Å². The first-order valence-corrected chi connectivity index (χ1v) is 12.7. The van der Waals surface area contributed by atoms with E-state index < -0.39 is 28.5 Å². The number of sulfonamides is 1. The maximum Gasteiger partial charge on any atom is 0.244 e. The highest BCUT2D eigenvalue weighted by atomic mass is 35.5. The molecule has 0 aliphatic carbocycles. The molecule has 0 bridgehead atoms. The number of nitrogens with one attached hydrogen (secondary N) is 1. The number of benzene rings is 2.